The molecule has 8 nitrogen and oxygen atoms in total. The molecule has 0 saturated carbocycles. The number of piperidine rings is 1. The number of pyridine rings is 3. The number of nitrogens with zero attached hydrogens (tertiary/aromatic N) is 5. The third kappa shape index (κ3) is 2.84. The average molecular weight is 396 g/mol. The second kappa shape index (κ2) is 7.00. The minimum Gasteiger partial charge on any atom is -0.335 e. The lowest BCUT2D eigenvalue weighted by Gasteiger charge is -2.21. The summed E-state index contributed by atoms with van der Waals surface area (Å²) in [6, 6.07) is 6.09. The zero-order valence-corrected chi connectivity index (χ0v) is 16.3. The molecule has 8 heteroatoms. The molecule has 0 amide bonds. The Hall–Kier alpha value is -3.65. The number of hydrogen-bond acceptors (Lipinski definition) is 6. The second-order valence-corrected chi connectivity index (χ2v) is 7.66. The van der Waals surface area contributed by atoms with Gasteiger partial charge in [0.05, 0.1) is 28.9 Å². The number of aromatic amines is 2. The molecule has 0 unspecified atom stereocenters. The van der Waals surface area contributed by atoms with Crippen molar-refractivity contribution in [2.45, 2.75) is 18.8 Å². The quantitative estimate of drug-likeness (QED) is 0.431. The molecule has 1 fully saturated rings. The van der Waals surface area contributed by atoms with Crippen LogP contribution in [0, 0.1) is 0 Å². The molecular weight excluding hydrogens is 376 g/mol. The molecule has 1 aliphatic rings. The van der Waals surface area contributed by atoms with Gasteiger partial charge in [-0.05, 0) is 49.7 Å². The Morgan fingerprint density at radius 1 is 0.933 bits per heavy atom. The molecule has 5 aromatic rings. The van der Waals surface area contributed by atoms with Gasteiger partial charge in [-0.15, -0.1) is 0 Å². The molecule has 0 bridgehead atoms. The Balaban J connectivity index is 1.47. The minimum absolute atomic E-state index is 0.483. The highest BCUT2D eigenvalue weighted by Crippen LogP contribution is 2.32. The lowest BCUT2D eigenvalue weighted by molar-refractivity contribution is 0.453. The summed E-state index contributed by atoms with van der Waals surface area (Å²) < 4.78 is 0. The van der Waals surface area contributed by atoms with Crippen molar-refractivity contribution in [1.29, 1.82) is 0 Å². The van der Waals surface area contributed by atoms with Crippen LogP contribution in [0.25, 0.3) is 44.6 Å². The van der Waals surface area contributed by atoms with Gasteiger partial charge in [0.25, 0.3) is 0 Å². The fourth-order valence-corrected chi connectivity index (χ4v) is 4.24. The van der Waals surface area contributed by atoms with Crippen molar-refractivity contribution in [2.75, 3.05) is 13.1 Å². The van der Waals surface area contributed by atoms with Crippen LogP contribution in [-0.2, 0) is 0 Å². The van der Waals surface area contributed by atoms with Crippen molar-refractivity contribution in [1.82, 2.24) is 40.4 Å². The lowest BCUT2D eigenvalue weighted by Crippen LogP contribution is -2.27. The fourth-order valence-electron chi connectivity index (χ4n) is 4.24. The minimum atomic E-state index is 0.483. The van der Waals surface area contributed by atoms with Gasteiger partial charge >= 0.3 is 0 Å². The Labute approximate surface area is 172 Å². The maximum absolute atomic E-state index is 4.89. The van der Waals surface area contributed by atoms with Gasteiger partial charge in [-0.2, -0.15) is 5.10 Å². The standard InChI is InChI=1S/C22H20N8/c1-5-23-6-2-13(1)16-10-25-11-19-20(16)28-22(27-19)21-15-9-17(14-3-7-24-8-4-14)26-12-18(15)29-30-21/h1-2,5-6,9-12,14,24H,3-4,7-8H2,(H,27,28)(H,29,30). The zero-order chi connectivity index (χ0) is 19.9. The fraction of sp³-hybridized carbons (Fsp3) is 0.227. The summed E-state index contributed by atoms with van der Waals surface area (Å²) >= 11 is 0. The molecule has 148 valence electrons. The monoisotopic (exact) mass is 396 g/mol. The van der Waals surface area contributed by atoms with Gasteiger partial charge in [-0.3, -0.25) is 20.1 Å². The van der Waals surface area contributed by atoms with E-state index in [1.54, 1.807) is 18.6 Å². The Kier molecular flexibility index (Phi) is 4.02. The average Bonchev–Trinajstić information content (AvgIpc) is 3.43. The third-order valence-electron chi connectivity index (χ3n) is 5.84. The van der Waals surface area contributed by atoms with Crippen molar-refractivity contribution in [3.05, 3.63) is 54.9 Å². The summed E-state index contributed by atoms with van der Waals surface area (Å²) in [4.78, 5) is 21.5. The predicted molar refractivity (Wildman–Crippen MR) is 115 cm³/mol. The second-order valence-electron chi connectivity index (χ2n) is 7.66. The van der Waals surface area contributed by atoms with Crippen molar-refractivity contribution < 1.29 is 0 Å². The highest BCUT2D eigenvalue weighted by Gasteiger charge is 2.20. The molecule has 6 heterocycles. The van der Waals surface area contributed by atoms with E-state index in [0.717, 1.165) is 76.2 Å². The van der Waals surface area contributed by atoms with Crippen molar-refractivity contribution in [3.8, 4) is 22.6 Å². The van der Waals surface area contributed by atoms with Crippen LogP contribution in [0.4, 0.5) is 0 Å². The van der Waals surface area contributed by atoms with Crippen LogP contribution in [0.2, 0.25) is 0 Å². The van der Waals surface area contributed by atoms with Crippen LogP contribution in [-0.4, -0.2) is 48.2 Å². The molecular formula is C22H20N8. The van der Waals surface area contributed by atoms with Crippen LogP contribution < -0.4 is 5.32 Å². The van der Waals surface area contributed by atoms with Gasteiger partial charge in [-0.25, -0.2) is 4.98 Å². The van der Waals surface area contributed by atoms with Crippen LogP contribution in [0.5, 0.6) is 0 Å². The molecule has 1 aliphatic heterocycles. The topological polar surface area (TPSA) is 108 Å². The van der Waals surface area contributed by atoms with E-state index in [-0.39, 0.29) is 0 Å². The molecule has 0 aromatic carbocycles. The van der Waals surface area contributed by atoms with Gasteiger partial charge in [0.2, 0.25) is 0 Å². The molecule has 1 saturated heterocycles. The molecule has 3 N–H and O–H groups in total. The molecule has 0 radical (unpaired) electrons. The summed E-state index contributed by atoms with van der Waals surface area (Å²) in [5.41, 5.74) is 6.59. The van der Waals surface area contributed by atoms with E-state index >= 15 is 0 Å². The number of nitrogens with one attached hydrogen (secondary N) is 3. The molecule has 0 aliphatic carbocycles. The largest absolute Gasteiger partial charge is 0.335 e. The number of H-pyrrole nitrogens is 2. The van der Waals surface area contributed by atoms with Crippen LogP contribution in [0.3, 0.4) is 0 Å². The van der Waals surface area contributed by atoms with E-state index in [2.05, 4.69) is 41.5 Å². The van der Waals surface area contributed by atoms with Crippen molar-refractivity contribution >= 4 is 21.9 Å². The van der Waals surface area contributed by atoms with Crippen LogP contribution >= 0.6 is 0 Å². The number of rotatable bonds is 3. The van der Waals surface area contributed by atoms with Gasteiger partial charge in [-0.1, -0.05) is 0 Å². The summed E-state index contributed by atoms with van der Waals surface area (Å²) in [5.74, 6) is 1.21. The van der Waals surface area contributed by atoms with Gasteiger partial charge in [0, 0.05) is 41.2 Å². The van der Waals surface area contributed by atoms with Gasteiger partial charge < -0.3 is 10.3 Å². The Morgan fingerprint density at radius 2 is 1.80 bits per heavy atom. The van der Waals surface area contributed by atoms with Crippen molar-refractivity contribution in [2.24, 2.45) is 0 Å². The highest BCUT2D eigenvalue weighted by molar-refractivity contribution is 5.96. The van der Waals surface area contributed by atoms with Gasteiger partial charge in [0.1, 0.15) is 5.69 Å². The predicted octanol–water partition coefficient (Wildman–Crippen LogP) is 3.43. The SMILES string of the molecule is c1cc(-c2cncc3[nH]c(-c4n[nH]c5cnc(C6CCNCC6)cc45)nc23)ccn1. The normalized spacial score (nSPS) is 15.2. The van der Waals surface area contributed by atoms with Crippen LogP contribution in [0.1, 0.15) is 24.5 Å². The van der Waals surface area contributed by atoms with E-state index in [1.165, 1.54) is 0 Å². The zero-order valence-electron chi connectivity index (χ0n) is 16.3. The number of fused-ring (bicyclic) bond motifs is 2. The maximum atomic E-state index is 4.89. The first-order valence-corrected chi connectivity index (χ1v) is 10.2. The summed E-state index contributed by atoms with van der Waals surface area (Å²) in [5, 5.41) is 12.1. The van der Waals surface area contributed by atoms with Crippen LogP contribution in [0.15, 0.2) is 49.2 Å². The summed E-state index contributed by atoms with van der Waals surface area (Å²) in [7, 11) is 0. The Bertz CT molecular complexity index is 1330. The Morgan fingerprint density at radius 3 is 2.67 bits per heavy atom. The van der Waals surface area contributed by atoms with E-state index in [4.69, 9.17) is 4.98 Å². The van der Waals surface area contributed by atoms with E-state index < -0.39 is 0 Å². The highest BCUT2D eigenvalue weighted by atomic mass is 15.1. The van der Waals surface area contributed by atoms with Gasteiger partial charge in [0.15, 0.2) is 5.82 Å². The first-order valence-electron chi connectivity index (χ1n) is 10.2. The number of hydrogen-bond donors (Lipinski definition) is 3. The first kappa shape index (κ1) is 17.2. The third-order valence-corrected chi connectivity index (χ3v) is 5.84. The lowest BCUT2D eigenvalue weighted by atomic mass is 9.93. The van der Waals surface area contributed by atoms with E-state index in [0.29, 0.717) is 5.92 Å². The molecule has 6 rings (SSSR count). The summed E-state index contributed by atoms with van der Waals surface area (Å²) in [6.45, 7) is 2.08. The molecule has 0 atom stereocenters. The molecule has 0 spiro atoms. The first-order chi connectivity index (χ1) is 14.9. The summed E-state index contributed by atoms with van der Waals surface area (Å²) in [6.07, 6.45) is 11.3. The van der Waals surface area contributed by atoms with E-state index in [1.807, 2.05) is 24.5 Å². The number of aromatic nitrogens is 7. The van der Waals surface area contributed by atoms with Crippen molar-refractivity contribution in [3.63, 3.8) is 0 Å². The molecule has 30 heavy (non-hydrogen) atoms. The molecule has 5 aromatic heterocycles. The maximum Gasteiger partial charge on any atom is 0.159 e. The number of imidazole rings is 1. The van der Waals surface area contributed by atoms with E-state index in [9.17, 15) is 0 Å². The smallest absolute Gasteiger partial charge is 0.159 e.